The molecule has 0 N–H and O–H groups in total. The number of carbonyl (C=O) groups is 2. The second kappa shape index (κ2) is 6.81. The monoisotopic (exact) mass is 385 g/mol. The van der Waals surface area contributed by atoms with Crippen LogP contribution in [-0.2, 0) is 34.3 Å². The molecule has 2 atom stereocenters. The topological polar surface area (TPSA) is 74.1 Å². The maximum absolute atomic E-state index is 13.4. The number of imide groups is 1. The third-order valence-electron chi connectivity index (χ3n) is 6.77. The van der Waals surface area contributed by atoms with E-state index in [1.807, 2.05) is 18.2 Å². The fourth-order valence-electron chi connectivity index (χ4n) is 5.33. The van der Waals surface area contributed by atoms with Crippen molar-refractivity contribution >= 4 is 17.5 Å². The van der Waals surface area contributed by atoms with Crippen LogP contribution in [0.4, 0.5) is 5.69 Å². The highest BCUT2D eigenvalue weighted by Crippen LogP contribution is 2.47. The first-order valence-corrected chi connectivity index (χ1v) is 10.5. The lowest BCUT2D eigenvalue weighted by Gasteiger charge is -2.36. The van der Waals surface area contributed by atoms with E-state index >= 15 is 0 Å². The first-order chi connectivity index (χ1) is 14.1. The fourth-order valence-corrected chi connectivity index (χ4v) is 5.33. The Labute approximate surface area is 170 Å². The number of anilines is 1. The SMILES string of the molecule is N#CC1(C2CC(=O)N(c3ccccc3)C2=O)CCCc2cc3c(nc21)CCCC3. The van der Waals surface area contributed by atoms with Crippen LogP contribution >= 0.6 is 0 Å². The third kappa shape index (κ3) is 2.70. The van der Waals surface area contributed by atoms with Crippen LogP contribution in [0.25, 0.3) is 0 Å². The number of aryl methyl sites for hydroxylation is 3. The van der Waals surface area contributed by atoms with Gasteiger partial charge in [0.05, 0.1) is 23.4 Å². The molecule has 1 aliphatic heterocycles. The molecule has 3 aliphatic rings. The van der Waals surface area contributed by atoms with Gasteiger partial charge >= 0.3 is 0 Å². The van der Waals surface area contributed by atoms with E-state index in [1.165, 1.54) is 16.9 Å². The van der Waals surface area contributed by atoms with Crippen LogP contribution < -0.4 is 4.90 Å². The van der Waals surface area contributed by atoms with Gasteiger partial charge in [0.1, 0.15) is 5.41 Å². The standard InChI is InChI=1S/C24H23N3O2/c25-15-24(19-14-21(28)27(23(19)29)18-9-2-1-3-10-18)12-6-8-17-13-16-7-4-5-11-20(16)26-22(17)24/h1-3,9-10,13,19H,4-8,11-12,14H2. The largest absolute Gasteiger partial charge is 0.274 e. The van der Waals surface area contributed by atoms with E-state index in [2.05, 4.69) is 12.1 Å². The first-order valence-electron chi connectivity index (χ1n) is 10.5. The highest BCUT2D eigenvalue weighted by molar-refractivity contribution is 6.21. The lowest BCUT2D eigenvalue weighted by molar-refractivity contribution is -0.123. The molecular weight excluding hydrogens is 362 g/mol. The fraction of sp³-hybridized carbons (Fsp3) is 0.417. The zero-order valence-corrected chi connectivity index (χ0v) is 16.4. The quantitative estimate of drug-likeness (QED) is 0.740. The van der Waals surface area contributed by atoms with E-state index in [9.17, 15) is 14.9 Å². The second-order valence-corrected chi connectivity index (χ2v) is 8.41. The molecule has 5 heteroatoms. The summed E-state index contributed by atoms with van der Waals surface area (Å²) in [5.41, 5.74) is 3.78. The number of nitriles is 1. The number of amides is 2. The molecule has 1 aromatic carbocycles. The van der Waals surface area contributed by atoms with E-state index in [4.69, 9.17) is 4.98 Å². The minimum atomic E-state index is -1.02. The van der Waals surface area contributed by atoms with Crippen LogP contribution in [0.15, 0.2) is 36.4 Å². The summed E-state index contributed by atoms with van der Waals surface area (Å²) >= 11 is 0. The minimum absolute atomic E-state index is 0.0689. The Morgan fingerprint density at radius 2 is 1.79 bits per heavy atom. The van der Waals surface area contributed by atoms with Crippen molar-refractivity contribution < 1.29 is 9.59 Å². The number of benzene rings is 1. The molecule has 1 aromatic heterocycles. The number of aromatic nitrogens is 1. The highest BCUT2D eigenvalue weighted by atomic mass is 16.2. The summed E-state index contributed by atoms with van der Waals surface area (Å²) in [4.78, 5) is 32.5. The van der Waals surface area contributed by atoms with Crippen LogP contribution in [0.2, 0.25) is 0 Å². The molecule has 2 aliphatic carbocycles. The van der Waals surface area contributed by atoms with E-state index in [0.717, 1.165) is 49.1 Å². The van der Waals surface area contributed by atoms with Gasteiger partial charge in [0.15, 0.2) is 0 Å². The van der Waals surface area contributed by atoms with Crippen LogP contribution in [0.5, 0.6) is 0 Å². The number of hydrogen-bond donors (Lipinski definition) is 0. The molecule has 0 bridgehead atoms. The molecule has 146 valence electrons. The van der Waals surface area contributed by atoms with Crippen LogP contribution in [-0.4, -0.2) is 16.8 Å². The van der Waals surface area contributed by atoms with Crippen molar-refractivity contribution in [3.63, 3.8) is 0 Å². The molecule has 2 unspecified atom stereocenters. The Morgan fingerprint density at radius 3 is 2.59 bits per heavy atom. The number of pyridine rings is 1. The average Bonchev–Trinajstić information content (AvgIpc) is 3.06. The number of para-hydroxylation sites is 1. The van der Waals surface area contributed by atoms with Gasteiger partial charge in [0.25, 0.3) is 0 Å². The summed E-state index contributed by atoms with van der Waals surface area (Å²) in [6.45, 7) is 0. The third-order valence-corrected chi connectivity index (χ3v) is 6.77. The van der Waals surface area contributed by atoms with E-state index in [1.54, 1.807) is 12.1 Å². The van der Waals surface area contributed by atoms with E-state index in [0.29, 0.717) is 12.1 Å². The number of hydrogen-bond acceptors (Lipinski definition) is 4. The Morgan fingerprint density at radius 1 is 1.03 bits per heavy atom. The van der Waals surface area contributed by atoms with Gasteiger partial charge in [-0.3, -0.25) is 19.5 Å². The van der Waals surface area contributed by atoms with Crippen LogP contribution in [0, 0.1) is 17.2 Å². The summed E-state index contributed by atoms with van der Waals surface area (Å²) in [7, 11) is 0. The molecule has 2 heterocycles. The molecular formula is C24H23N3O2. The number of fused-ring (bicyclic) bond motifs is 2. The normalized spacial score (nSPS) is 26.0. The van der Waals surface area contributed by atoms with Crippen LogP contribution in [0.3, 0.4) is 0 Å². The van der Waals surface area contributed by atoms with Crippen molar-refractivity contribution in [2.75, 3.05) is 4.90 Å². The summed E-state index contributed by atoms with van der Waals surface area (Å²) in [5, 5.41) is 10.3. The lowest BCUT2D eigenvalue weighted by atomic mass is 9.65. The highest BCUT2D eigenvalue weighted by Gasteiger charge is 2.55. The van der Waals surface area contributed by atoms with Crippen molar-refractivity contribution in [1.82, 2.24) is 4.98 Å². The predicted molar refractivity (Wildman–Crippen MR) is 108 cm³/mol. The Balaban J connectivity index is 1.60. The van der Waals surface area contributed by atoms with Crippen LogP contribution in [0.1, 0.15) is 54.6 Å². The number of nitrogens with zero attached hydrogens (tertiary/aromatic N) is 3. The lowest BCUT2D eigenvalue weighted by Crippen LogP contribution is -2.43. The molecule has 2 amide bonds. The van der Waals surface area contributed by atoms with Crippen molar-refractivity contribution in [3.8, 4) is 6.07 Å². The maximum Gasteiger partial charge on any atom is 0.239 e. The van der Waals surface area contributed by atoms with Gasteiger partial charge < -0.3 is 0 Å². The van der Waals surface area contributed by atoms with Gasteiger partial charge in [0.2, 0.25) is 11.8 Å². The number of carbonyl (C=O) groups excluding carboxylic acids is 2. The van der Waals surface area contributed by atoms with Crippen molar-refractivity contribution in [2.24, 2.45) is 5.92 Å². The summed E-state index contributed by atoms with van der Waals surface area (Å²) in [6, 6.07) is 13.7. The van der Waals surface area contributed by atoms with E-state index in [-0.39, 0.29) is 18.2 Å². The van der Waals surface area contributed by atoms with Crippen molar-refractivity contribution in [3.05, 3.63) is 58.9 Å². The van der Waals surface area contributed by atoms with Gasteiger partial charge in [-0.15, -0.1) is 0 Å². The van der Waals surface area contributed by atoms with Gasteiger partial charge in [-0.05, 0) is 68.2 Å². The van der Waals surface area contributed by atoms with E-state index < -0.39 is 11.3 Å². The molecule has 0 radical (unpaired) electrons. The van der Waals surface area contributed by atoms with Gasteiger partial charge in [0, 0.05) is 12.1 Å². The Bertz CT molecular complexity index is 1040. The van der Waals surface area contributed by atoms with Gasteiger partial charge in [-0.25, -0.2) is 0 Å². The second-order valence-electron chi connectivity index (χ2n) is 8.41. The summed E-state index contributed by atoms with van der Waals surface area (Å²) in [5.74, 6) is -1.17. The maximum atomic E-state index is 13.4. The Hall–Kier alpha value is -3.00. The zero-order valence-electron chi connectivity index (χ0n) is 16.4. The summed E-state index contributed by atoms with van der Waals surface area (Å²) in [6.07, 6.45) is 6.63. The molecule has 2 aromatic rings. The molecule has 5 rings (SSSR count). The zero-order chi connectivity index (χ0) is 20.0. The summed E-state index contributed by atoms with van der Waals surface area (Å²) < 4.78 is 0. The minimum Gasteiger partial charge on any atom is -0.274 e. The molecule has 5 nitrogen and oxygen atoms in total. The first kappa shape index (κ1) is 18.1. The predicted octanol–water partition coefficient (Wildman–Crippen LogP) is 3.64. The van der Waals surface area contributed by atoms with Crippen molar-refractivity contribution in [1.29, 1.82) is 5.26 Å². The molecule has 0 saturated carbocycles. The molecule has 1 saturated heterocycles. The van der Waals surface area contributed by atoms with Gasteiger partial charge in [-0.1, -0.05) is 24.3 Å². The smallest absolute Gasteiger partial charge is 0.239 e. The van der Waals surface area contributed by atoms with Crippen molar-refractivity contribution in [2.45, 2.75) is 56.8 Å². The molecule has 1 fully saturated rings. The molecule has 29 heavy (non-hydrogen) atoms. The molecule has 0 spiro atoms. The Kier molecular flexibility index (Phi) is 4.24. The average molecular weight is 385 g/mol. The number of rotatable bonds is 2. The van der Waals surface area contributed by atoms with Gasteiger partial charge in [-0.2, -0.15) is 5.26 Å².